The number of nitrogens with two attached hydrogens (primary N) is 1. The standard InChI is InChI=1S/C15H15BrClNO/c1-2-10-7-12(5-6-15(10)17)19-13-4-3-11(9-18)14(16)8-13/h3-8H,2,9,18H2,1H3. The summed E-state index contributed by atoms with van der Waals surface area (Å²) in [7, 11) is 0. The molecule has 0 heterocycles. The number of hydrogen-bond donors (Lipinski definition) is 1. The average molecular weight is 341 g/mol. The van der Waals surface area contributed by atoms with Crippen LogP contribution >= 0.6 is 27.5 Å². The van der Waals surface area contributed by atoms with Crippen molar-refractivity contribution < 1.29 is 4.74 Å². The molecular weight excluding hydrogens is 326 g/mol. The highest BCUT2D eigenvalue weighted by Gasteiger charge is 2.04. The molecule has 0 aliphatic rings. The van der Waals surface area contributed by atoms with Gasteiger partial charge >= 0.3 is 0 Å². The van der Waals surface area contributed by atoms with Crippen LogP contribution in [0.15, 0.2) is 40.9 Å². The molecule has 2 aromatic carbocycles. The minimum Gasteiger partial charge on any atom is -0.457 e. The third-order valence-electron chi connectivity index (χ3n) is 2.88. The SMILES string of the molecule is CCc1cc(Oc2ccc(CN)c(Br)c2)ccc1Cl. The van der Waals surface area contributed by atoms with E-state index in [2.05, 4.69) is 22.9 Å². The zero-order chi connectivity index (χ0) is 13.8. The van der Waals surface area contributed by atoms with Gasteiger partial charge in [0.1, 0.15) is 11.5 Å². The van der Waals surface area contributed by atoms with Crippen LogP contribution in [0.25, 0.3) is 0 Å². The fraction of sp³-hybridized carbons (Fsp3) is 0.200. The van der Waals surface area contributed by atoms with Gasteiger partial charge in [-0.15, -0.1) is 0 Å². The van der Waals surface area contributed by atoms with Crippen LogP contribution in [0.5, 0.6) is 11.5 Å². The Morgan fingerprint density at radius 1 is 1.11 bits per heavy atom. The molecule has 2 aromatic rings. The normalized spacial score (nSPS) is 10.5. The molecule has 0 amide bonds. The largest absolute Gasteiger partial charge is 0.457 e. The predicted molar refractivity (Wildman–Crippen MR) is 82.9 cm³/mol. The molecule has 19 heavy (non-hydrogen) atoms. The van der Waals surface area contributed by atoms with Gasteiger partial charge in [0.05, 0.1) is 0 Å². The van der Waals surface area contributed by atoms with E-state index in [1.807, 2.05) is 36.4 Å². The number of hydrogen-bond acceptors (Lipinski definition) is 2. The summed E-state index contributed by atoms with van der Waals surface area (Å²) in [6.45, 7) is 2.57. The molecule has 0 radical (unpaired) electrons. The molecule has 0 bridgehead atoms. The Balaban J connectivity index is 2.23. The van der Waals surface area contributed by atoms with E-state index in [1.54, 1.807) is 0 Å². The van der Waals surface area contributed by atoms with E-state index < -0.39 is 0 Å². The molecule has 0 unspecified atom stereocenters. The average Bonchev–Trinajstić information content (AvgIpc) is 2.41. The van der Waals surface area contributed by atoms with Crippen LogP contribution in [-0.4, -0.2) is 0 Å². The van der Waals surface area contributed by atoms with E-state index in [1.165, 1.54) is 0 Å². The van der Waals surface area contributed by atoms with E-state index in [9.17, 15) is 0 Å². The van der Waals surface area contributed by atoms with Gasteiger partial charge < -0.3 is 10.5 Å². The van der Waals surface area contributed by atoms with Crippen molar-refractivity contribution in [3.63, 3.8) is 0 Å². The lowest BCUT2D eigenvalue weighted by Gasteiger charge is -2.10. The second-order valence-corrected chi connectivity index (χ2v) is 5.43. The minimum absolute atomic E-state index is 0.502. The van der Waals surface area contributed by atoms with Crippen molar-refractivity contribution in [2.45, 2.75) is 19.9 Å². The van der Waals surface area contributed by atoms with E-state index in [0.717, 1.165) is 38.5 Å². The number of aryl methyl sites for hydroxylation is 1. The van der Waals surface area contributed by atoms with Crippen LogP contribution < -0.4 is 10.5 Å². The second kappa shape index (κ2) is 6.42. The summed E-state index contributed by atoms with van der Waals surface area (Å²) in [5, 5.41) is 0.773. The molecular formula is C15H15BrClNO. The molecule has 100 valence electrons. The number of halogens is 2. The van der Waals surface area contributed by atoms with Gasteiger partial charge in [-0.05, 0) is 47.9 Å². The quantitative estimate of drug-likeness (QED) is 0.857. The molecule has 0 aliphatic carbocycles. The molecule has 0 aromatic heterocycles. The Bertz CT molecular complexity index is 586. The van der Waals surface area contributed by atoms with Crippen LogP contribution in [0.2, 0.25) is 5.02 Å². The molecule has 2 nitrogen and oxygen atoms in total. The summed E-state index contributed by atoms with van der Waals surface area (Å²) in [6, 6.07) is 11.5. The van der Waals surface area contributed by atoms with Gasteiger partial charge in [-0.1, -0.05) is 40.5 Å². The third kappa shape index (κ3) is 3.50. The van der Waals surface area contributed by atoms with Crippen molar-refractivity contribution >= 4 is 27.5 Å². The van der Waals surface area contributed by atoms with Gasteiger partial charge in [0, 0.05) is 16.0 Å². The van der Waals surface area contributed by atoms with Crippen LogP contribution in [-0.2, 0) is 13.0 Å². The lowest BCUT2D eigenvalue weighted by atomic mass is 10.1. The first kappa shape index (κ1) is 14.4. The molecule has 0 spiro atoms. The number of ether oxygens (including phenoxy) is 1. The van der Waals surface area contributed by atoms with Crippen molar-refractivity contribution in [1.82, 2.24) is 0 Å². The maximum absolute atomic E-state index is 6.09. The zero-order valence-corrected chi connectivity index (χ0v) is 13.0. The minimum atomic E-state index is 0.502. The Morgan fingerprint density at radius 3 is 2.42 bits per heavy atom. The summed E-state index contributed by atoms with van der Waals surface area (Å²) in [4.78, 5) is 0. The highest BCUT2D eigenvalue weighted by atomic mass is 79.9. The Hall–Kier alpha value is -1.03. The van der Waals surface area contributed by atoms with Crippen molar-refractivity contribution in [3.8, 4) is 11.5 Å². The van der Waals surface area contributed by atoms with E-state index in [0.29, 0.717) is 6.54 Å². The molecule has 0 saturated carbocycles. The van der Waals surface area contributed by atoms with Crippen LogP contribution in [0.3, 0.4) is 0 Å². The highest BCUT2D eigenvalue weighted by Crippen LogP contribution is 2.29. The topological polar surface area (TPSA) is 35.2 Å². The predicted octanol–water partition coefficient (Wildman–Crippen LogP) is 4.92. The molecule has 2 N–H and O–H groups in total. The number of rotatable bonds is 4. The van der Waals surface area contributed by atoms with Crippen LogP contribution in [0.1, 0.15) is 18.1 Å². The molecule has 0 atom stereocenters. The fourth-order valence-corrected chi connectivity index (χ4v) is 2.55. The van der Waals surface area contributed by atoms with Crippen molar-refractivity contribution in [3.05, 3.63) is 57.0 Å². The Morgan fingerprint density at radius 2 is 1.79 bits per heavy atom. The molecule has 0 saturated heterocycles. The summed E-state index contributed by atoms with van der Waals surface area (Å²) in [5.74, 6) is 1.56. The molecule has 0 fully saturated rings. The van der Waals surface area contributed by atoms with Crippen LogP contribution in [0, 0.1) is 0 Å². The molecule has 0 aliphatic heterocycles. The lowest BCUT2D eigenvalue weighted by molar-refractivity contribution is 0.481. The summed E-state index contributed by atoms with van der Waals surface area (Å²) in [6.07, 6.45) is 0.881. The molecule has 2 rings (SSSR count). The monoisotopic (exact) mass is 339 g/mol. The lowest BCUT2D eigenvalue weighted by Crippen LogP contribution is -1.97. The summed E-state index contributed by atoms with van der Waals surface area (Å²) in [5.41, 5.74) is 7.76. The fourth-order valence-electron chi connectivity index (χ4n) is 1.78. The van der Waals surface area contributed by atoms with Gasteiger partial charge in [-0.25, -0.2) is 0 Å². The third-order valence-corrected chi connectivity index (χ3v) is 3.99. The first-order valence-electron chi connectivity index (χ1n) is 6.08. The second-order valence-electron chi connectivity index (χ2n) is 4.17. The maximum atomic E-state index is 6.09. The molecule has 4 heteroatoms. The van der Waals surface area contributed by atoms with Crippen molar-refractivity contribution in [2.75, 3.05) is 0 Å². The zero-order valence-electron chi connectivity index (χ0n) is 10.6. The first-order valence-corrected chi connectivity index (χ1v) is 7.26. The van der Waals surface area contributed by atoms with Crippen molar-refractivity contribution in [2.24, 2.45) is 5.73 Å². The highest BCUT2D eigenvalue weighted by molar-refractivity contribution is 9.10. The number of benzene rings is 2. The summed E-state index contributed by atoms with van der Waals surface area (Å²) < 4.78 is 6.78. The Labute approximate surface area is 126 Å². The van der Waals surface area contributed by atoms with E-state index in [-0.39, 0.29) is 0 Å². The summed E-state index contributed by atoms with van der Waals surface area (Å²) >= 11 is 9.57. The van der Waals surface area contributed by atoms with Gasteiger partial charge in [-0.2, -0.15) is 0 Å². The Kier molecular flexibility index (Phi) is 4.86. The van der Waals surface area contributed by atoms with Crippen LogP contribution in [0.4, 0.5) is 0 Å². The maximum Gasteiger partial charge on any atom is 0.128 e. The van der Waals surface area contributed by atoms with E-state index in [4.69, 9.17) is 22.1 Å². The van der Waals surface area contributed by atoms with Gasteiger partial charge in [0.25, 0.3) is 0 Å². The first-order chi connectivity index (χ1) is 9.13. The van der Waals surface area contributed by atoms with Gasteiger partial charge in [-0.3, -0.25) is 0 Å². The van der Waals surface area contributed by atoms with E-state index >= 15 is 0 Å². The van der Waals surface area contributed by atoms with Gasteiger partial charge in [0.2, 0.25) is 0 Å². The smallest absolute Gasteiger partial charge is 0.128 e. The van der Waals surface area contributed by atoms with Gasteiger partial charge in [0.15, 0.2) is 0 Å². The van der Waals surface area contributed by atoms with Crippen molar-refractivity contribution in [1.29, 1.82) is 0 Å².